The SMILES string of the molecule is O=C1NC(=O)N(C2CCCCC2)C(=O)C1=Cc1ccc(I)cc1. The lowest BCUT2D eigenvalue weighted by molar-refractivity contribution is -0.132. The summed E-state index contributed by atoms with van der Waals surface area (Å²) in [7, 11) is 0. The van der Waals surface area contributed by atoms with Crippen LogP contribution in [-0.2, 0) is 9.59 Å². The first kappa shape index (κ1) is 16.2. The highest BCUT2D eigenvalue weighted by Crippen LogP contribution is 2.26. The number of benzene rings is 1. The van der Waals surface area contributed by atoms with Gasteiger partial charge in [0.15, 0.2) is 0 Å². The van der Waals surface area contributed by atoms with Crippen molar-refractivity contribution in [2.24, 2.45) is 0 Å². The van der Waals surface area contributed by atoms with Crippen LogP contribution >= 0.6 is 22.6 Å². The first-order valence-corrected chi connectivity index (χ1v) is 8.80. The molecule has 1 saturated carbocycles. The molecule has 2 aliphatic rings. The largest absolute Gasteiger partial charge is 0.331 e. The fraction of sp³-hybridized carbons (Fsp3) is 0.353. The summed E-state index contributed by atoms with van der Waals surface area (Å²) in [4.78, 5) is 38.1. The average Bonchev–Trinajstić information content (AvgIpc) is 2.54. The van der Waals surface area contributed by atoms with E-state index in [-0.39, 0.29) is 11.6 Å². The molecule has 2 fully saturated rings. The minimum absolute atomic E-state index is 0.0244. The molecule has 0 bridgehead atoms. The van der Waals surface area contributed by atoms with E-state index in [0.29, 0.717) is 0 Å². The maximum absolute atomic E-state index is 12.7. The summed E-state index contributed by atoms with van der Waals surface area (Å²) >= 11 is 2.19. The molecule has 0 aromatic heterocycles. The molecule has 0 unspecified atom stereocenters. The van der Waals surface area contributed by atoms with Gasteiger partial charge in [0, 0.05) is 9.61 Å². The minimum Gasteiger partial charge on any atom is -0.273 e. The number of carbonyl (C=O) groups excluding carboxylic acids is 3. The van der Waals surface area contributed by atoms with Gasteiger partial charge >= 0.3 is 6.03 Å². The van der Waals surface area contributed by atoms with Crippen molar-refractivity contribution in [1.29, 1.82) is 0 Å². The van der Waals surface area contributed by atoms with Crippen LogP contribution in [0, 0.1) is 3.57 Å². The lowest BCUT2D eigenvalue weighted by atomic mass is 9.93. The molecule has 1 N–H and O–H groups in total. The lowest BCUT2D eigenvalue weighted by Crippen LogP contribution is -2.58. The lowest BCUT2D eigenvalue weighted by Gasteiger charge is -2.35. The number of hydrogen-bond donors (Lipinski definition) is 1. The highest BCUT2D eigenvalue weighted by Gasteiger charge is 2.40. The summed E-state index contributed by atoms with van der Waals surface area (Å²) in [5, 5.41) is 2.30. The van der Waals surface area contributed by atoms with Crippen LogP contribution < -0.4 is 5.32 Å². The van der Waals surface area contributed by atoms with Crippen LogP contribution in [0.5, 0.6) is 0 Å². The second-order valence-electron chi connectivity index (χ2n) is 5.84. The van der Waals surface area contributed by atoms with E-state index in [1.54, 1.807) is 6.08 Å². The van der Waals surface area contributed by atoms with Gasteiger partial charge in [0.2, 0.25) is 0 Å². The van der Waals surface area contributed by atoms with Gasteiger partial charge in [-0.15, -0.1) is 0 Å². The number of hydrogen-bond acceptors (Lipinski definition) is 3. The monoisotopic (exact) mass is 424 g/mol. The van der Waals surface area contributed by atoms with Gasteiger partial charge in [0.25, 0.3) is 11.8 Å². The zero-order valence-electron chi connectivity index (χ0n) is 12.5. The molecular formula is C17H17IN2O3. The average molecular weight is 424 g/mol. The Labute approximate surface area is 148 Å². The number of urea groups is 1. The second kappa shape index (κ2) is 6.82. The van der Waals surface area contributed by atoms with E-state index in [1.807, 2.05) is 24.3 Å². The van der Waals surface area contributed by atoms with Crippen molar-refractivity contribution in [3.63, 3.8) is 0 Å². The first-order valence-electron chi connectivity index (χ1n) is 7.72. The predicted octanol–water partition coefficient (Wildman–Crippen LogP) is 3.09. The molecule has 1 aromatic rings. The molecule has 23 heavy (non-hydrogen) atoms. The fourth-order valence-electron chi connectivity index (χ4n) is 3.07. The number of rotatable bonds is 2. The summed E-state index contributed by atoms with van der Waals surface area (Å²) in [5.74, 6) is -1.10. The zero-order valence-corrected chi connectivity index (χ0v) is 14.7. The number of halogens is 1. The Hall–Kier alpha value is -1.70. The molecule has 0 radical (unpaired) electrons. The summed E-state index contributed by atoms with van der Waals surface area (Å²) in [6.07, 6.45) is 6.31. The van der Waals surface area contributed by atoms with Crippen molar-refractivity contribution in [3.05, 3.63) is 39.0 Å². The number of nitrogens with one attached hydrogen (secondary N) is 1. The van der Waals surface area contributed by atoms with Crippen LogP contribution in [-0.4, -0.2) is 28.8 Å². The van der Waals surface area contributed by atoms with Crippen molar-refractivity contribution in [1.82, 2.24) is 10.2 Å². The molecule has 120 valence electrons. The van der Waals surface area contributed by atoms with Gasteiger partial charge in [0.1, 0.15) is 5.57 Å². The summed E-state index contributed by atoms with van der Waals surface area (Å²) in [5.41, 5.74) is 0.790. The van der Waals surface area contributed by atoms with Gasteiger partial charge < -0.3 is 0 Å². The zero-order chi connectivity index (χ0) is 16.4. The smallest absolute Gasteiger partial charge is 0.273 e. The Kier molecular flexibility index (Phi) is 4.79. The number of imide groups is 2. The molecule has 1 aromatic carbocycles. The third-order valence-corrected chi connectivity index (χ3v) is 4.97. The van der Waals surface area contributed by atoms with E-state index in [2.05, 4.69) is 27.9 Å². The molecule has 0 spiro atoms. The van der Waals surface area contributed by atoms with Gasteiger partial charge in [0.05, 0.1) is 0 Å². The van der Waals surface area contributed by atoms with Crippen molar-refractivity contribution in [3.8, 4) is 0 Å². The van der Waals surface area contributed by atoms with Crippen LogP contribution in [0.25, 0.3) is 6.08 Å². The summed E-state index contributed by atoms with van der Waals surface area (Å²) in [6.45, 7) is 0. The Morgan fingerprint density at radius 1 is 1.04 bits per heavy atom. The van der Waals surface area contributed by atoms with Gasteiger partial charge in [-0.1, -0.05) is 31.4 Å². The van der Waals surface area contributed by atoms with E-state index in [0.717, 1.165) is 41.2 Å². The van der Waals surface area contributed by atoms with Crippen LogP contribution in [0.1, 0.15) is 37.7 Å². The van der Waals surface area contributed by atoms with Crippen LogP contribution in [0.2, 0.25) is 0 Å². The van der Waals surface area contributed by atoms with Crippen molar-refractivity contribution >= 4 is 46.5 Å². The Morgan fingerprint density at radius 2 is 1.70 bits per heavy atom. The second-order valence-corrected chi connectivity index (χ2v) is 7.08. The molecule has 5 nitrogen and oxygen atoms in total. The van der Waals surface area contributed by atoms with Crippen molar-refractivity contribution < 1.29 is 14.4 Å². The highest BCUT2D eigenvalue weighted by atomic mass is 127. The predicted molar refractivity (Wildman–Crippen MR) is 94.4 cm³/mol. The van der Waals surface area contributed by atoms with Crippen molar-refractivity contribution in [2.75, 3.05) is 0 Å². The van der Waals surface area contributed by atoms with Crippen LogP contribution in [0.15, 0.2) is 29.8 Å². The van der Waals surface area contributed by atoms with Gasteiger partial charge in [-0.25, -0.2) is 4.79 Å². The van der Waals surface area contributed by atoms with Crippen LogP contribution in [0.4, 0.5) is 4.79 Å². The Morgan fingerprint density at radius 3 is 2.35 bits per heavy atom. The van der Waals surface area contributed by atoms with Gasteiger partial charge in [-0.05, 0) is 59.2 Å². The van der Waals surface area contributed by atoms with E-state index in [9.17, 15) is 14.4 Å². The van der Waals surface area contributed by atoms with E-state index < -0.39 is 17.8 Å². The molecule has 0 atom stereocenters. The molecule has 1 heterocycles. The Balaban J connectivity index is 1.90. The molecule has 6 heteroatoms. The molecule has 4 amide bonds. The van der Waals surface area contributed by atoms with Gasteiger partial charge in [-0.2, -0.15) is 0 Å². The number of carbonyl (C=O) groups is 3. The summed E-state index contributed by atoms with van der Waals surface area (Å²) in [6, 6.07) is 6.80. The topological polar surface area (TPSA) is 66.5 Å². The number of amides is 4. The quantitative estimate of drug-likeness (QED) is 0.451. The van der Waals surface area contributed by atoms with Gasteiger partial charge in [-0.3, -0.25) is 19.8 Å². The third-order valence-electron chi connectivity index (χ3n) is 4.25. The maximum Gasteiger partial charge on any atom is 0.331 e. The van der Waals surface area contributed by atoms with Crippen LogP contribution in [0.3, 0.4) is 0 Å². The highest BCUT2D eigenvalue weighted by molar-refractivity contribution is 14.1. The fourth-order valence-corrected chi connectivity index (χ4v) is 3.43. The van der Waals surface area contributed by atoms with E-state index >= 15 is 0 Å². The molecule has 1 aliphatic heterocycles. The maximum atomic E-state index is 12.7. The number of nitrogens with zero attached hydrogens (tertiary/aromatic N) is 1. The van der Waals surface area contributed by atoms with Crippen molar-refractivity contribution in [2.45, 2.75) is 38.1 Å². The molecule has 1 saturated heterocycles. The standard InChI is InChI=1S/C17H17IN2O3/c18-12-8-6-11(7-9-12)10-14-15(21)19-17(23)20(16(14)22)13-4-2-1-3-5-13/h6-10,13H,1-5H2,(H,19,21,23). The molecule has 1 aliphatic carbocycles. The van der Waals surface area contributed by atoms with E-state index in [1.165, 1.54) is 4.90 Å². The first-order chi connectivity index (χ1) is 11.1. The number of barbiturate groups is 1. The normalized spacial score (nSPS) is 21.7. The van der Waals surface area contributed by atoms with E-state index in [4.69, 9.17) is 0 Å². The molecular weight excluding hydrogens is 407 g/mol. The summed E-state index contributed by atoms with van der Waals surface area (Å²) < 4.78 is 1.07. The Bertz CT molecular complexity index is 676. The third kappa shape index (κ3) is 3.46. The molecule has 3 rings (SSSR count). The minimum atomic E-state index is -0.620.